The first-order valence-corrected chi connectivity index (χ1v) is 8.69. The molecule has 130 valence electrons. The Bertz CT molecular complexity index is 963. The number of hydrogen-bond donors (Lipinski definition) is 1. The molecular formula is C21H25N3O. The molecule has 4 heteroatoms. The minimum absolute atomic E-state index is 0.00925. The van der Waals surface area contributed by atoms with Crippen LogP contribution in [0.3, 0.4) is 0 Å². The number of benzene rings is 1. The van der Waals surface area contributed by atoms with Crippen LogP contribution < -0.4 is 10.9 Å². The van der Waals surface area contributed by atoms with E-state index in [4.69, 9.17) is 4.98 Å². The molecule has 0 unspecified atom stereocenters. The average Bonchev–Trinajstić information content (AvgIpc) is 2.56. The lowest BCUT2D eigenvalue weighted by Gasteiger charge is -2.19. The Labute approximate surface area is 148 Å². The Balaban J connectivity index is 2.06. The number of pyridine rings is 1. The fourth-order valence-electron chi connectivity index (χ4n) is 2.95. The molecule has 2 aromatic heterocycles. The molecule has 0 atom stereocenters. The smallest absolute Gasteiger partial charge is 0.263 e. The normalized spacial score (nSPS) is 11.7. The van der Waals surface area contributed by atoms with Crippen molar-refractivity contribution in [2.75, 3.05) is 5.32 Å². The summed E-state index contributed by atoms with van der Waals surface area (Å²) in [4.78, 5) is 17.5. The number of fused-ring (bicyclic) bond motifs is 1. The van der Waals surface area contributed by atoms with Crippen LogP contribution in [0.15, 0.2) is 47.4 Å². The summed E-state index contributed by atoms with van der Waals surface area (Å²) in [6.07, 6.45) is 2.41. The van der Waals surface area contributed by atoms with Crippen molar-refractivity contribution in [3.8, 4) is 0 Å². The van der Waals surface area contributed by atoms with Crippen molar-refractivity contribution in [1.82, 2.24) is 9.38 Å². The van der Waals surface area contributed by atoms with Crippen LogP contribution in [-0.4, -0.2) is 9.38 Å². The van der Waals surface area contributed by atoms with Gasteiger partial charge in [-0.15, -0.1) is 0 Å². The van der Waals surface area contributed by atoms with Gasteiger partial charge < -0.3 is 5.32 Å². The topological polar surface area (TPSA) is 46.4 Å². The van der Waals surface area contributed by atoms with Gasteiger partial charge in [0.2, 0.25) is 0 Å². The minimum Gasteiger partial charge on any atom is -0.340 e. The van der Waals surface area contributed by atoms with Crippen LogP contribution in [0.4, 0.5) is 11.5 Å². The standard InChI is InChI=1S/C21H25N3O/c1-6-17-18(22-16-11-9-15(10-12-16)21(3,4)5)23-19-14(2)8-7-13-24(19)20(17)25/h7-13,22H,6H2,1-5H3. The first kappa shape index (κ1) is 17.2. The highest BCUT2D eigenvalue weighted by atomic mass is 16.1. The summed E-state index contributed by atoms with van der Waals surface area (Å²) in [5.41, 5.74) is 4.69. The molecule has 0 amide bonds. The molecule has 0 spiro atoms. The average molecular weight is 335 g/mol. The van der Waals surface area contributed by atoms with Crippen LogP contribution in [-0.2, 0) is 11.8 Å². The highest BCUT2D eigenvalue weighted by molar-refractivity contribution is 5.63. The fourth-order valence-corrected chi connectivity index (χ4v) is 2.95. The zero-order valence-electron chi connectivity index (χ0n) is 15.6. The molecule has 1 aromatic carbocycles. The van der Waals surface area contributed by atoms with E-state index in [0.29, 0.717) is 23.4 Å². The maximum absolute atomic E-state index is 12.8. The molecule has 0 radical (unpaired) electrons. The van der Waals surface area contributed by atoms with E-state index in [9.17, 15) is 4.79 Å². The predicted molar refractivity (Wildman–Crippen MR) is 104 cm³/mol. The Morgan fingerprint density at radius 1 is 1.12 bits per heavy atom. The first-order chi connectivity index (χ1) is 11.8. The molecule has 3 aromatic rings. The van der Waals surface area contributed by atoms with E-state index in [2.05, 4.69) is 38.2 Å². The second kappa shape index (κ2) is 6.36. The second-order valence-electron chi connectivity index (χ2n) is 7.43. The number of aromatic nitrogens is 2. The molecule has 0 aliphatic rings. The molecule has 25 heavy (non-hydrogen) atoms. The maximum Gasteiger partial charge on any atom is 0.263 e. The molecule has 0 fully saturated rings. The van der Waals surface area contributed by atoms with E-state index >= 15 is 0 Å². The summed E-state index contributed by atoms with van der Waals surface area (Å²) < 4.78 is 1.63. The van der Waals surface area contributed by atoms with Gasteiger partial charge in [0.15, 0.2) is 0 Å². The Hall–Kier alpha value is -2.62. The molecule has 4 nitrogen and oxygen atoms in total. The van der Waals surface area contributed by atoms with Crippen molar-refractivity contribution >= 4 is 17.2 Å². The fraction of sp³-hybridized carbons (Fsp3) is 0.333. The summed E-state index contributed by atoms with van der Waals surface area (Å²) in [7, 11) is 0. The van der Waals surface area contributed by atoms with Crippen LogP contribution in [0.25, 0.3) is 5.65 Å². The van der Waals surface area contributed by atoms with Crippen molar-refractivity contribution < 1.29 is 0 Å². The van der Waals surface area contributed by atoms with Gasteiger partial charge in [-0.05, 0) is 48.1 Å². The lowest BCUT2D eigenvalue weighted by Crippen LogP contribution is -2.22. The van der Waals surface area contributed by atoms with E-state index in [0.717, 1.165) is 11.3 Å². The lowest BCUT2D eigenvalue weighted by molar-refractivity contribution is 0.590. The van der Waals surface area contributed by atoms with Gasteiger partial charge in [-0.3, -0.25) is 9.20 Å². The van der Waals surface area contributed by atoms with Crippen molar-refractivity contribution in [3.05, 3.63) is 69.6 Å². The number of anilines is 2. The van der Waals surface area contributed by atoms with Gasteiger partial charge >= 0.3 is 0 Å². The third-order valence-corrected chi connectivity index (χ3v) is 4.51. The molecule has 2 heterocycles. The summed E-state index contributed by atoms with van der Waals surface area (Å²) in [6.45, 7) is 10.5. The number of rotatable bonds is 3. The second-order valence-corrected chi connectivity index (χ2v) is 7.43. The number of nitrogens with zero attached hydrogens (tertiary/aromatic N) is 2. The van der Waals surface area contributed by atoms with Crippen LogP contribution >= 0.6 is 0 Å². The molecule has 0 saturated carbocycles. The van der Waals surface area contributed by atoms with Crippen LogP contribution in [0.2, 0.25) is 0 Å². The van der Waals surface area contributed by atoms with E-state index in [1.54, 1.807) is 10.6 Å². The largest absolute Gasteiger partial charge is 0.340 e. The number of nitrogens with one attached hydrogen (secondary N) is 1. The lowest BCUT2D eigenvalue weighted by atomic mass is 9.87. The highest BCUT2D eigenvalue weighted by Gasteiger charge is 2.15. The third-order valence-electron chi connectivity index (χ3n) is 4.51. The summed E-state index contributed by atoms with van der Waals surface area (Å²) >= 11 is 0. The predicted octanol–water partition coefficient (Wildman–Crippen LogP) is 4.61. The summed E-state index contributed by atoms with van der Waals surface area (Å²) in [5.74, 6) is 0.644. The SMILES string of the molecule is CCc1c(Nc2ccc(C(C)(C)C)cc2)nc2c(C)cccn2c1=O. The molecule has 0 bridgehead atoms. The van der Waals surface area contributed by atoms with Crippen molar-refractivity contribution in [3.63, 3.8) is 0 Å². The van der Waals surface area contributed by atoms with Gasteiger partial charge in [0.05, 0.1) is 5.56 Å². The molecule has 0 saturated heterocycles. The summed E-state index contributed by atoms with van der Waals surface area (Å²) in [5, 5.41) is 3.34. The van der Waals surface area contributed by atoms with Gasteiger partial charge in [-0.1, -0.05) is 45.9 Å². The minimum atomic E-state index is -0.00925. The van der Waals surface area contributed by atoms with Gasteiger partial charge in [-0.2, -0.15) is 0 Å². The Morgan fingerprint density at radius 3 is 2.40 bits per heavy atom. The van der Waals surface area contributed by atoms with Gasteiger partial charge in [-0.25, -0.2) is 4.98 Å². The van der Waals surface area contributed by atoms with Gasteiger partial charge in [0, 0.05) is 11.9 Å². The number of hydrogen-bond acceptors (Lipinski definition) is 3. The molecule has 0 aliphatic carbocycles. The van der Waals surface area contributed by atoms with Gasteiger partial charge in [0.25, 0.3) is 5.56 Å². The summed E-state index contributed by atoms with van der Waals surface area (Å²) in [6, 6.07) is 12.2. The van der Waals surface area contributed by atoms with E-state index < -0.39 is 0 Å². The molecule has 1 N–H and O–H groups in total. The van der Waals surface area contributed by atoms with Gasteiger partial charge in [0.1, 0.15) is 11.5 Å². The Kier molecular flexibility index (Phi) is 4.38. The van der Waals surface area contributed by atoms with Crippen molar-refractivity contribution in [2.45, 2.75) is 46.5 Å². The molecule has 0 aliphatic heterocycles. The van der Waals surface area contributed by atoms with E-state index in [1.807, 2.05) is 38.1 Å². The number of aryl methyl sites for hydroxylation is 1. The quantitative estimate of drug-likeness (QED) is 0.760. The maximum atomic E-state index is 12.8. The highest BCUT2D eigenvalue weighted by Crippen LogP contribution is 2.25. The first-order valence-electron chi connectivity index (χ1n) is 8.69. The molecular weight excluding hydrogens is 310 g/mol. The van der Waals surface area contributed by atoms with E-state index in [-0.39, 0.29) is 11.0 Å². The van der Waals surface area contributed by atoms with Crippen LogP contribution in [0.1, 0.15) is 44.4 Å². The van der Waals surface area contributed by atoms with Crippen molar-refractivity contribution in [1.29, 1.82) is 0 Å². The van der Waals surface area contributed by atoms with Crippen LogP contribution in [0.5, 0.6) is 0 Å². The van der Waals surface area contributed by atoms with Crippen molar-refractivity contribution in [2.24, 2.45) is 0 Å². The van der Waals surface area contributed by atoms with E-state index in [1.165, 1.54) is 5.56 Å². The monoisotopic (exact) mass is 335 g/mol. The van der Waals surface area contributed by atoms with Crippen LogP contribution in [0, 0.1) is 6.92 Å². The molecule has 3 rings (SSSR count). The Morgan fingerprint density at radius 2 is 1.80 bits per heavy atom. The zero-order valence-corrected chi connectivity index (χ0v) is 15.6. The zero-order chi connectivity index (χ0) is 18.2. The third kappa shape index (κ3) is 3.29.